The zero-order chi connectivity index (χ0) is 18.5. The molecule has 2 aromatic rings. The highest BCUT2D eigenvalue weighted by molar-refractivity contribution is 6.31. The van der Waals surface area contributed by atoms with E-state index >= 15 is 0 Å². The number of amides is 2. The lowest BCUT2D eigenvalue weighted by Crippen LogP contribution is -2.32. The van der Waals surface area contributed by atoms with Crippen LogP contribution in [0, 0.1) is 6.92 Å². The van der Waals surface area contributed by atoms with Gasteiger partial charge in [-0.25, -0.2) is 4.98 Å². The van der Waals surface area contributed by atoms with E-state index in [2.05, 4.69) is 10.3 Å². The van der Waals surface area contributed by atoms with Crippen LogP contribution in [-0.4, -0.2) is 34.8 Å². The molecule has 0 aliphatic carbocycles. The van der Waals surface area contributed by atoms with Crippen molar-refractivity contribution in [2.45, 2.75) is 32.6 Å². The molecule has 136 valence electrons. The molecule has 1 aromatic carbocycles. The number of carbonyl (C=O) groups is 2. The molecule has 0 atom stereocenters. The third kappa shape index (κ3) is 4.41. The lowest BCUT2D eigenvalue weighted by Gasteiger charge is -2.19. The zero-order valence-corrected chi connectivity index (χ0v) is 15.6. The molecule has 0 saturated carbocycles. The summed E-state index contributed by atoms with van der Waals surface area (Å²) in [5.74, 6) is -0.471. The van der Waals surface area contributed by atoms with Gasteiger partial charge in [-0.05, 0) is 49.6 Å². The Balaban J connectivity index is 1.76. The summed E-state index contributed by atoms with van der Waals surface area (Å²) in [7, 11) is 0. The number of aromatic nitrogens is 1. The molecule has 3 rings (SSSR count). The maximum absolute atomic E-state index is 12.7. The summed E-state index contributed by atoms with van der Waals surface area (Å²) in [6, 6.07) is 10.3. The highest BCUT2D eigenvalue weighted by atomic mass is 35.5. The van der Waals surface area contributed by atoms with Crippen LogP contribution < -0.4 is 5.32 Å². The molecule has 1 N–H and O–H groups in total. The summed E-state index contributed by atoms with van der Waals surface area (Å²) in [6.45, 7) is 3.38. The molecule has 5 nitrogen and oxygen atoms in total. The van der Waals surface area contributed by atoms with Crippen LogP contribution in [0.4, 0.5) is 5.69 Å². The number of hydrogen-bond donors (Lipinski definition) is 1. The lowest BCUT2D eigenvalue weighted by molar-refractivity contribution is 0.0755. The first-order valence-corrected chi connectivity index (χ1v) is 9.26. The predicted octanol–water partition coefficient (Wildman–Crippen LogP) is 4.31. The number of nitrogens with zero attached hydrogens (tertiary/aromatic N) is 2. The predicted molar refractivity (Wildman–Crippen MR) is 103 cm³/mol. The summed E-state index contributed by atoms with van der Waals surface area (Å²) in [5.41, 5.74) is 2.06. The first-order chi connectivity index (χ1) is 12.5. The number of carbonyl (C=O) groups excluding carboxylic acids is 2. The molecule has 1 aliphatic heterocycles. The van der Waals surface area contributed by atoms with Crippen molar-refractivity contribution in [2.75, 3.05) is 18.4 Å². The van der Waals surface area contributed by atoms with Crippen molar-refractivity contribution in [3.63, 3.8) is 0 Å². The summed E-state index contributed by atoms with van der Waals surface area (Å²) < 4.78 is 0. The van der Waals surface area contributed by atoms with Gasteiger partial charge in [-0.2, -0.15) is 0 Å². The monoisotopic (exact) mass is 371 g/mol. The minimum absolute atomic E-state index is 0.111. The van der Waals surface area contributed by atoms with Gasteiger partial charge in [0.25, 0.3) is 11.8 Å². The summed E-state index contributed by atoms with van der Waals surface area (Å²) >= 11 is 6.00. The molecule has 2 amide bonds. The Morgan fingerprint density at radius 1 is 1.04 bits per heavy atom. The van der Waals surface area contributed by atoms with Crippen LogP contribution >= 0.6 is 11.6 Å². The van der Waals surface area contributed by atoms with Gasteiger partial charge in [-0.1, -0.05) is 36.6 Å². The summed E-state index contributed by atoms with van der Waals surface area (Å²) in [4.78, 5) is 31.4. The van der Waals surface area contributed by atoms with Gasteiger partial charge in [0.1, 0.15) is 11.4 Å². The minimum Gasteiger partial charge on any atom is -0.337 e. The fourth-order valence-electron chi connectivity index (χ4n) is 3.03. The third-order valence-corrected chi connectivity index (χ3v) is 4.78. The van der Waals surface area contributed by atoms with E-state index in [1.54, 1.807) is 30.3 Å². The smallest absolute Gasteiger partial charge is 0.274 e. The molecule has 0 bridgehead atoms. The topological polar surface area (TPSA) is 62.3 Å². The van der Waals surface area contributed by atoms with E-state index in [0.29, 0.717) is 16.4 Å². The van der Waals surface area contributed by atoms with Gasteiger partial charge in [0, 0.05) is 23.8 Å². The Bertz CT molecular complexity index is 814. The Morgan fingerprint density at radius 2 is 1.73 bits per heavy atom. The van der Waals surface area contributed by atoms with E-state index in [9.17, 15) is 9.59 Å². The number of benzene rings is 1. The van der Waals surface area contributed by atoms with Crippen LogP contribution in [0.25, 0.3) is 0 Å². The van der Waals surface area contributed by atoms with Crippen LogP contribution in [0.15, 0.2) is 36.4 Å². The Labute approximate surface area is 158 Å². The zero-order valence-electron chi connectivity index (χ0n) is 14.8. The first-order valence-electron chi connectivity index (χ1n) is 8.88. The van der Waals surface area contributed by atoms with Crippen LogP contribution in [0.3, 0.4) is 0 Å². The Morgan fingerprint density at radius 3 is 2.46 bits per heavy atom. The van der Waals surface area contributed by atoms with Crippen LogP contribution in [-0.2, 0) is 0 Å². The number of rotatable bonds is 3. The second-order valence-electron chi connectivity index (χ2n) is 6.53. The van der Waals surface area contributed by atoms with Gasteiger partial charge in [-0.3, -0.25) is 9.59 Å². The number of likely N-dealkylation sites (tertiary alicyclic amines) is 1. The lowest BCUT2D eigenvalue weighted by atomic mass is 10.2. The van der Waals surface area contributed by atoms with E-state index in [1.807, 2.05) is 17.9 Å². The molecule has 1 saturated heterocycles. The summed E-state index contributed by atoms with van der Waals surface area (Å²) in [5, 5.41) is 3.36. The Hall–Kier alpha value is -2.40. The van der Waals surface area contributed by atoms with Crippen LogP contribution in [0.1, 0.15) is 52.2 Å². The largest absolute Gasteiger partial charge is 0.337 e. The molecule has 1 aromatic heterocycles. The van der Waals surface area contributed by atoms with E-state index in [1.165, 1.54) is 0 Å². The van der Waals surface area contributed by atoms with Gasteiger partial charge in [0.2, 0.25) is 0 Å². The molecular weight excluding hydrogens is 350 g/mol. The van der Waals surface area contributed by atoms with Crippen LogP contribution in [0.2, 0.25) is 5.02 Å². The van der Waals surface area contributed by atoms with Gasteiger partial charge < -0.3 is 10.2 Å². The minimum atomic E-state index is -0.360. The third-order valence-electron chi connectivity index (χ3n) is 4.54. The van der Waals surface area contributed by atoms with E-state index in [0.717, 1.165) is 44.3 Å². The quantitative estimate of drug-likeness (QED) is 0.874. The standard InChI is InChI=1S/C20H22ClN3O2/c1-14-9-10-15(21)13-18(14)23-19(25)16-7-6-8-17(22-16)20(26)24-11-4-2-3-5-12-24/h6-10,13H,2-5,11-12H2,1H3,(H,23,25). The highest BCUT2D eigenvalue weighted by Crippen LogP contribution is 2.21. The molecule has 2 heterocycles. The second kappa shape index (κ2) is 8.32. The number of halogens is 1. The molecule has 26 heavy (non-hydrogen) atoms. The molecule has 1 fully saturated rings. The molecule has 0 unspecified atom stereocenters. The van der Waals surface area contributed by atoms with Gasteiger partial charge in [0.15, 0.2) is 0 Å². The van der Waals surface area contributed by atoms with Gasteiger partial charge >= 0.3 is 0 Å². The summed E-state index contributed by atoms with van der Waals surface area (Å²) in [6.07, 6.45) is 4.33. The van der Waals surface area contributed by atoms with Crippen molar-refractivity contribution in [1.29, 1.82) is 0 Å². The molecule has 6 heteroatoms. The van der Waals surface area contributed by atoms with Crippen molar-refractivity contribution in [2.24, 2.45) is 0 Å². The molecule has 0 spiro atoms. The number of pyridine rings is 1. The van der Waals surface area contributed by atoms with E-state index in [-0.39, 0.29) is 17.5 Å². The normalized spacial score (nSPS) is 14.6. The average molecular weight is 372 g/mol. The SMILES string of the molecule is Cc1ccc(Cl)cc1NC(=O)c1cccc(C(=O)N2CCCCCC2)n1. The van der Waals surface area contributed by atoms with Crippen molar-refractivity contribution < 1.29 is 9.59 Å². The number of hydrogen-bond acceptors (Lipinski definition) is 3. The number of aryl methyl sites for hydroxylation is 1. The van der Waals surface area contributed by atoms with Crippen molar-refractivity contribution in [1.82, 2.24) is 9.88 Å². The first kappa shape index (κ1) is 18.4. The number of anilines is 1. The fourth-order valence-corrected chi connectivity index (χ4v) is 3.20. The van der Waals surface area contributed by atoms with Gasteiger partial charge in [0.05, 0.1) is 0 Å². The second-order valence-corrected chi connectivity index (χ2v) is 6.96. The van der Waals surface area contributed by atoms with E-state index in [4.69, 9.17) is 11.6 Å². The maximum atomic E-state index is 12.7. The van der Waals surface area contributed by atoms with Crippen molar-refractivity contribution in [3.8, 4) is 0 Å². The molecule has 0 radical (unpaired) electrons. The van der Waals surface area contributed by atoms with E-state index < -0.39 is 0 Å². The average Bonchev–Trinajstić information content (AvgIpc) is 2.93. The molecular formula is C20H22ClN3O2. The van der Waals surface area contributed by atoms with Gasteiger partial charge in [-0.15, -0.1) is 0 Å². The Kier molecular flexibility index (Phi) is 5.89. The fraction of sp³-hybridized carbons (Fsp3) is 0.350. The van der Waals surface area contributed by atoms with Crippen molar-refractivity contribution >= 4 is 29.1 Å². The van der Waals surface area contributed by atoms with Crippen LogP contribution in [0.5, 0.6) is 0 Å². The number of nitrogens with one attached hydrogen (secondary N) is 1. The maximum Gasteiger partial charge on any atom is 0.274 e. The molecule has 1 aliphatic rings. The van der Waals surface area contributed by atoms with Crippen molar-refractivity contribution in [3.05, 3.63) is 58.4 Å². The highest BCUT2D eigenvalue weighted by Gasteiger charge is 2.20.